The van der Waals surface area contributed by atoms with Crippen molar-refractivity contribution in [2.24, 2.45) is 4.99 Å². The molecule has 0 fully saturated rings. The van der Waals surface area contributed by atoms with Crippen molar-refractivity contribution < 1.29 is 5.11 Å². The van der Waals surface area contributed by atoms with E-state index in [0.29, 0.717) is 6.42 Å². The van der Waals surface area contributed by atoms with Crippen molar-refractivity contribution >= 4 is 28.7 Å². The van der Waals surface area contributed by atoms with Crippen LogP contribution in [0.2, 0.25) is 0 Å². The minimum Gasteiger partial charge on any atom is -0.395 e. The Morgan fingerprint density at radius 3 is 2.03 bits per heavy atom. The van der Waals surface area contributed by atoms with Crippen LogP contribution in [0.25, 0.3) is 22.4 Å². The third kappa shape index (κ3) is 16.8. The van der Waals surface area contributed by atoms with Crippen molar-refractivity contribution in [3.63, 3.8) is 0 Å². The summed E-state index contributed by atoms with van der Waals surface area (Å²) in [6.07, 6.45) is 21.0. The van der Waals surface area contributed by atoms with Gasteiger partial charge in [-0.15, -0.1) is 25.0 Å². The topological polar surface area (TPSA) is 32.6 Å². The molecule has 1 heterocycles. The predicted molar refractivity (Wildman–Crippen MR) is 301 cm³/mol. The van der Waals surface area contributed by atoms with Crippen LogP contribution in [0.3, 0.4) is 0 Å². The number of nitrogens with zero attached hydrogens (tertiary/aromatic N) is 1. The number of fused-ring (bicyclic) bond motifs is 1. The number of hydrogen-bond acceptors (Lipinski definition) is 3. The van der Waals surface area contributed by atoms with Gasteiger partial charge in [0.2, 0.25) is 0 Å². The molecule has 0 spiro atoms. The molecule has 1 atom stereocenters. The highest BCUT2D eigenvalue weighted by Crippen LogP contribution is 2.47. The molecular formula is C63H79NOS. The van der Waals surface area contributed by atoms with E-state index in [1.54, 1.807) is 30.3 Å². The first-order chi connectivity index (χ1) is 32.1. The summed E-state index contributed by atoms with van der Waals surface area (Å²) in [4.78, 5) is 7.63. The molecule has 66 heavy (non-hydrogen) atoms. The molecule has 0 aromatic heterocycles. The van der Waals surface area contributed by atoms with E-state index in [1.807, 2.05) is 65.0 Å². The molecule has 1 aliphatic heterocycles. The Labute approximate surface area is 407 Å². The lowest BCUT2D eigenvalue weighted by Crippen LogP contribution is -1.98. The van der Waals surface area contributed by atoms with Gasteiger partial charge in [0.1, 0.15) is 0 Å². The predicted octanol–water partition coefficient (Wildman–Crippen LogP) is 18.5. The maximum Gasteiger partial charge on any atom is 0.0807 e. The summed E-state index contributed by atoms with van der Waals surface area (Å²) in [5.41, 5.74) is 18.5. The number of aliphatic hydroxyl groups excluding tert-OH is 1. The Hall–Kier alpha value is -5.92. The second kappa shape index (κ2) is 32.7. The van der Waals surface area contributed by atoms with Gasteiger partial charge >= 0.3 is 0 Å². The SMILES string of the molecule is C=C.C=C/C=C(C=C)/C(C)=N/C(=C1\CC(/C=C(C)/C(=C/C=C(\C=C)C(C)c2ccc3c(c2)CC(CC)=C3C)CC)=C(C=C)S1)c1ccc(-c2ccccc2)cc1.CC.CC.CC#CCCO. The molecule has 1 unspecified atom stereocenters. The summed E-state index contributed by atoms with van der Waals surface area (Å²) >= 11 is 1.77. The molecule has 3 heteroatoms. The van der Waals surface area contributed by atoms with Crippen LogP contribution in [-0.2, 0) is 6.42 Å². The molecule has 1 N–H and O–H groups in total. The van der Waals surface area contributed by atoms with E-state index in [4.69, 9.17) is 10.1 Å². The lowest BCUT2D eigenvalue weighted by molar-refractivity contribution is 0.305. The van der Waals surface area contributed by atoms with Gasteiger partial charge in [0.15, 0.2) is 0 Å². The van der Waals surface area contributed by atoms with E-state index in [9.17, 15) is 0 Å². The van der Waals surface area contributed by atoms with Gasteiger partial charge in [0.05, 0.1) is 12.3 Å². The molecule has 1 aliphatic carbocycles. The Morgan fingerprint density at radius 2 is 1.50 bits per heavy atom. The normalized spacial score (nSPS) is 14.8. The van der Waals surface area contributed by atoms with E-state index in [2.05, 4.69) is 171 Å². The number of allylic oxidation sites excluding steroid dienone is 16. The van der Waals surface area contributed by atoms with Crippen molar-refractivity contribution in [2.45, 2.75) is 114 Å². The number of aliphatic hydroxyl groups is 1. The smallest absolute Gasteiger partial charge is 0.0807 e. The minimum atomic E-state index is 0.181. The molecule has 0 bridgehead atoms. The zero-order valence-electron chi connectivity index (χ0n) is 42.4. The minimum absolute atomic E-state index is 0.181. The molecule has 3 aromatic carbocycles. The second-order valence-corrected chi connectivity index (χ2v) is 16.0. The van der Waals surface area contributed by atoms with Crippen molar-refractivity contribution in [1.29, 1.82) is 0 Å². The molecule has 2 nitrogen and oxygen atoms in total. The van der Waals surface area contributed by atoms with Gasteiger partial charge < -0.3 is 5.11 Å². The van der Waals surface area contributed by atoms with Gasteiger partial charge in [-0.05, 0) is 108 Å². The van der Waals surface area contributed by atoms with Crippen LogP contribution < -0.4 is 0 Å². The lowest BCUT2D eigenvalue weighted by Gasteiger charge is -2.15. The van der Waals surface area contributed by atoms with Gasteiger partial charge in [-0.2, -0.15) is 0 Å². The molecule has 0 amide bonds. The van der Waals surface area contributed by atoms with Crippen molar-refractivity contribution in [2.75, 3.05) is 6.61 Å². The fourth-order valence-electron chi connectivity index (χ4n) is 7.54. The molecule has 348 valence electrons. The van der Waals surface area contributed by atoms with Gasteiger partial charge in [-0.1, -0.05) is 214 Å². The summed E-state index contributed by atoms with van der Waals surface area (Å²) < 4.78 is 0. The van der Waals surface area contributed by atoms with Crippen molar-refractivity contribution in [3.8, 4) is 23.0 Å². The van der Waals surface area contributed by atoms with Gasteiger partial charge in [0.25, 0.3) is 0 Å². The molecule has 2 aliphatic rings. The molecule has 0 saturated carbocycles. The largest absolute Gasteiger partial charge is 0.395 e. The first kappa shape index (κ1) is 58.1. The monoisotopic (exact) mass is 898 g/mol. The van der Waals surface area contributed by atoms with E-state index in [-0.39, 0.29) is 12.5 Å². The summed E-state index contributed by atoms with van der Waals surface area (Å²) in [5.74, 6) is 5.61. The number of thioether (sulfide) groups is 1. The number of hydrogen-bond donors (Lipinski definition) is 1. The third-order valence-corrected chi connectivity index (χ3v) is 12.4. The number of rotatable bonds is 16. The maximum absolute atomic E-state index is 8.09. The van der Waals surface area contributed by atoms with Crippen molar-refractivity contribution in [3.05, 3.63) is 226 Å². The Kier molecular flexibility index (Phi) is 28.8. The molecule has 5 rings (SSSR count). The van der Waals surface area contributed by atoms with Crippen molar-refractivity contribution in [1.82, 2.24) is 0 Å². The highest BCUT2D eigenvalue weighted by atomic mass is 32.2. The molecule has 0 saturated heterocycles. The Morgan fingerprint density at radius 1 is 0.848 bits per heavy atom. The van der Waals surface area contributed by atoms with E-state index in [1.165, 1.54) is 65.5 Å². The van der Waals surface area contributed by atoms with Crippen LogP contribution in [0.15, 0.2) is 209 Å². The third-order valence-electron chi connectivity index (χ3n) is 11.1. The maximum atomic E-state index is 8.09. The molecular weight excluding hydrogens is 819 g/mol. The number of aliphatic imine (C=N–C) groups is 1. The van der Waals surface area contributed by atoms with Crippen LogP contribution in [-0.4, -0.2) is 17.4 Å². The van der Waals surface area contributed by atoms with E-state index in [0.717, 1.165) is 48.2 Å². The zero-order valence-corrected chi connectivity index (χ0v) is 43.2. The van der Waals surface area contributed by atoms with Gasteiger partial charge in [-0.3, -0.25) is 4.99 Å². The Bertz CT molecular complexity index is 2390. The van der Waals surface area contributed by atoms with Crippen LogP contribution in [0, 0.1) is 11.8 Å². The van der Waals surface area contributed by atoms with E-state index >= 15 is 0 Å². The average Bonchev–Trinajstić information content (AvgIpc) is 3.93. The first-order valence-corrected chi connectivity index (χ1v) is 24.4. The standard InChI is InChI=1S/C52H55NS.C5H8O.2C2H6.C2H4/c1-11-20-41(14-4)38(10)53-52(45-27-25-44(26-28-45)43-21-18-17-19-22-43)51-34-48(50(16-6)54-51)31-35(7)39(12-2)23-24-40(13-3)36(8)46-29-30-49-37(9)42(15-5)32-47(49)33-46;1-2-3-4-5-6;3*1-2/h11,13-14,16-31,33,36H,1,3-4,6,12,15,32,34H2,2,5,7-10H3;6H,4-5H2,1H3;2*1-2H3;1-2H2/b35-31+,39-23+,40-24+,41-20+,52-51+,53-38+;;;;. The second-order valence-electron chi connectivity index (χ2n) is 14.9. The number of benzene rings is 3. The Balaban J connectivity index is 0.00000164. The summed E-state index contributed by atoms with van der Waals surface area (Å²) in [6.45, 7) is 45.6. The summed E-state index contributed by atoms with van der Waals surface area (Å²) in [6, 6.07) is 26.3. The highest BCUT2D eigenvalue weighted by molar-refractivity contribution is 8.07. The fourth-order valence-corrected chi connectivity index (χ4v) is 8.63. The van der Waals surface area contributed by atoms with Crippen LogP contribution in [0.5, 0.6) is 0 Å². The fraction of sp³-hybridized carbons (Fsp3) is 0.286. The van der Waals surface area contributed by atoms with Crippen LogP contribution in [0.4, 0.5) is 0 Å². The molecule has 3 aromatic rings. The summed E-state index contributed by atoms with van der Waals surface area (Å²) in [5, 5.41) is 8.09. The van der Waals surface area contributed by atoms with Gasteiger partial charge in [-0.25, -0.2) is 0 Å². The highest BCUT2D eigenvalue weighted by Gasteiger charge is 2.23. The molecule has 0 radical (unpaired) electrons. The van der Waals surface area contributed by atoms with Gasteiger partial charge in [0, 0.05) is 39.8 Å². The van der Waals surface area contributed by atoms with Crippen LogP contribution >= 0.6 is 11.8 Å². The van der Waals surface area contributed by atoms with E-state index < -0.39 is 0 Å². The average molecular weight is 898 g/mol. The first-order valence-electron chi connectivity index (χ1n) is 23.5. The summed E-state index contributed by atoms with van der Waals surface area (Å²) in [7, 11) is 0. The lowest BCUT2D eigenvalue weighted by atomic mass is 9.89. The quantitative estimate of drug-likeness (QED) is 0.0672. The van der Waals surface area contributed by atoms with Crippen LogP contribution in [0.1, 0.15) is 130 Å². The zero-order chi connectivity index (χ0) is 49.6.